The van der Waals surface area contributed by atoms with Gasteiger partial charge in [0.1, 0.15) is 16.4 Å². The van der Waals surface area contributed by atoms with Crippen molar-refractivity contribution in [2.24, 2.45) is 0 Å². The monoisotopic (exact) mass is 649 g/mol. The molecular formula is C32H26F3N5O5S. The molecule has 14 heteroatoms. The van der Waals surface area contributed by atoms with E-state index < -0.39 is 39.4 Å². The number of morpholine rings is 1. The highest BCUT2D eigenvalue weighted by molar-refractivity contribution is 7.07. The third-order valence-corrected chi connectivity index (χ3v) is 8.48. The molecule has 4 aromatic rings. The number of benzene rings is 3. The van der Waals surface area contributed by atoms with Crippen LogP contribution in [0.1, 0.15) is 22.3 Å². The summed E-state index contributed by atoms with van der Waals surface area (Å²) in [7, 11) is 0. The number of rotatable bonds is 6. The number of nitro benzene ring substituents is 1. The number of aryl methyl sites for hydroxylation is 2. The quantitative estimate of drug-likeness (QED) is 0.242. The average molecular weight is 650 g/mol. The fourth-order valence-corrected chi connectivity index (χ4v) is 6.25. The average Bonchev–Trinajstić information content (AvgIpc) is 3.34. The van der Waals surface area contributed by atoms with E-state index in [1.54, 1.807) is 49.1 Å². The normalized spacial score (nSPS) is 14.5. The molecule has 1 aliphatic rings. The molecule has 1 saturated heterocycles. The summed E-state index contributed by atoms with van der Waals surface area (Å²) in [4.78, 5) is 40.6. The van der Waals surface area contributed by atoms with Crippen molar-refractivity contribution in [3.8, 4) is 11.8 Å². The molecule has 1 amide bonds. The number of halogens is 3. The Morgan fingerprint density at radius 2 is 1.74 bits per heavy atom. The summed E-state index contributed by atoms with van der Waals surface area (Å²) >= 11 is 0.632. The number of nitro groups is 1. The summed E-state index contributed by atoms with van der Waals surface area (Å²) < 4.78 is 47.9. The molecule has 3 aromatic carbocycles. The van der Waals surface area contributed by atoms with Gasteiger partial charge in [0.05, 0.1) is 33.9 Å². The van der Waals surface area contributed by atoms with Crippen LogP contribution in [-0.2, 0) is 15.7 Å². The van der Waals surface area contributed by atoms with Gasteiger partial charge in [-0.3, -0.25) is 24.3 Å². The van der Waals surface area contributed by atoms with Gasteiger partial charge in [-0.1, -0.05) is 36.4 Å². The number of ether oxygens (including phenoxy) is 1. The fourth-order valence-electron chi connectivity index (χ4n) is 5.16. The van der Waals surface area contributed by atoms with Gasteiger partial charge in [0.15, 0.2) is 5.57 Å². The Labute approximate surface area is 264 Å². The van der Waals surface area contributed by atoms with Gasteiger partial charge in [0.25, 0.3) is 17.2 Å². The molecule has 5 rings (SSSR count). The molecule has 0 atom stereocenters. The zero-order chi connectivity index (χ0) is 33.2. The number of nitrogens with one attached hydrogen (secondary N) is 1. The number of carbonyl (C=O) groups is 1. The minimum atomic E-state index is -4.87. The highest BCUT2D eigenvalue weighted by Crippen LogP contribution is 2.33. The van der Waals surface area contributed by atoms with Gasteiger partial charge in [-0.05, 0) is 54.8 Å². The van der Waals surface area contributed by atoms with Crippen molar-refractivity contribution in [3.63, 3.8) is 0 Å². The van der Waals surface area contributed by atoms with Crippen LogP contribution >= 0.6 is 11.3 Å². The number of hydrogen-bond donors (Lipinski definition) is 1. The Balaban J connectivity index is 1.76. The van der Waals surface area contributed by atoms with Gasteiger partial charge < -0.3 is 15.0 Å². The first-order valence-electron chi connectivity index (χ1n) is 13.9. The molecule has 46 heavy (non-hydrogen) atoms. The van der Waals surface area contributed by atoms with Crippen molar-refractivity contribution in [1.29, 1.82) is 5.26 Å². The van der Waals surface area contributed by atoms with Crippen LogP contribution in [0.5, 0.6) is 0 Å². The van der Waals surface area contributed by atoms with E-state index in [0.29, 0.717) is 64.7 Å². The van der Waals surface area contributed by atoms with Gasteiger partial charge >= 0.3 is 6.18 Å². The Morgan fingerprint density at radius 1 is 1.07 bits per heavy atom. The van der Waals surface area contributed by atoms with Crippen LogP contribution in [0, 0.1) is 35.3 Å². The first-order chi connectivity index (χ1) is 21.9. The van der Waals surface area contributed by atoms with Crippen LogP contribution in [0.4, 0.5) is 30.2 Å². The lowest BCUT2D eigenvalue weighted by Crippen LogP contribution is -2.36. The third kappa shape index (κ3) is 6.42. The van der Waals surface area contributed by atoms with Gasteiger partial charge in [0.2, 0.25) is 0 Å². The number of nitrogens with zero attached hydrogens (tertiary/aromatic N) is 4. The predicted molar refractivity (Wildman–Crippen MR) is 167 cm³/mol. The van der Waals surface area contributed by atoms with Gasteiger partial charge in [-0.2, -0.15) is 18.4 Å². The largest absolute Gasteiger partial charge is 0.418 e. The molecule has 1 fully saturated rings. The standard InChI is InChI=1S/C32H26F3N5O5S/c1-19-6-5-7-20(2)28(19)37-29(41)22(18-36)31-39(24-9-4-3-8-23(24)32(33,34)35)30(42)27(46-31)17-21-10-11-25(26(16-21)40(43)44)38-12-14-45-15-13-38/h3-11,16-17H,12-15H2,1-2H3,(H,37,41)/b27-17+,31-22-. The maximum atomic E-state index is 14.1. The van der Waals surface area contributed by atoms with Crippen molar-refractivity contribution in [1.82, 2.24) is 4.57 Å². The number of aromatic nitrogens is 1. The fraction of sp³-hybridized carbons (Fsp3) is 0.219. The first kappa shape index (κ1) is 32.1. The highest BCUT2D eigenvalue weighted by atomic mass is 32.1. The topological polar surface area (TPSA) is 130 Å². The lowest BCUT2D eigenvalue weighted by molar-refractivity contribution is -0.384. The smallest absolute Gasteiger partial charge is 0.378 e. The number of para-hydroxylation sites is 2. The van der Waals surface area contributed by atoms with Gasteiger partial charge in [0, 0.05) is 24.8 Å². The molecule has 0 saturated carbocycles. The van der Waals surface area contributed by atoms with E-state index in [1.807, 2.05) is 0 Å². The summed E-state index contributed by atoms with van der Waals surface area (Å²) in [6.45, 7) is 5.17. The number of nitriles is 1. The number of alkyl halides is 3. The number of thiazole rings is 1. The van der Waals surface area contributed by atoms with Crippen LogP contribution in [-0.4, -0.2) is 41.7 Å². The second-order valence-electron chi connectivity index (χ2n) is 10.4. The highest BCUT2D eigenvalue weighted by Gasteiger charge is 2.35. The Bertz CT molecular complexity index is 2050. The predicted octanol–water partition coefficient (Wildman–Crippen LogP) is 4.42. The summed E-state index contributed by atoms with van der Waals surface area (Å²) in [5.41, 5.74) is -1.11. The molecule has 10 nitrogen and oxygen atoms in total. The van der Waals surface area contributed by atoms with E-state index in [0.717, 1.165) is 18.2 Å². The van der Waals surface area contributed by atoms with Crippen LogP contribution in [0.25, 0.3) is 17.3 Å². The number of amides is 1. The van der Waals surface area contributed by atoms with Crippen molar-refractivity contribution >= 4 is 46.0 Å². The Kier molecular flexibility index (Phi) is 9.08. The zero-order valence-corrected chi connectivity index (χ0v) is 25.4. The SMILES string of the molecule is Cc1cccc(C)c1NC(=O)/C(C#N)=c1\s/c(=C/c2ccc(N3CCOCC3)c([N+](=O)[O-])c2)c(=O)n1-c1ccccc1C(F)(F)F. The second kappa shape index (κ2) is 13.0. The molecular weight excluding hydrogens is 623 g/mol. The summed E-state index contributed by atoms with van der Waals surface area (Å²) in [5, 5.41) is 24.8. The molecule has 1 N–H and O–H groups in total. The van der Waals surface area contributed by atoms with Crippen LogP contribution in [0.3, 0.4) is 0 Å². The Hall–Kier alpha value is -5.26. The molecule has 0 unspecified atom stereocenters. The summed E-state index contributed by atoms with van der Waals surface area (Å²) in [6, 6.07) is 15.7. The Morgan fingerprint density at radius 3 is 2.37 bits per heavy atom. The van der Waals surface area contributed by atoms with Crippen molar-refractivity contribution in [2.45, 2.75) is 20.0 Å². The van der Waals surface area contributed by atoms with E-state index in [2.05, 4.69) is 5.32 Å². The van der Waals surface area contributed by atoms with Crippen LogP contribution in [0.2, 0.25) is 0 Å². The van der Waals surface area contributed by atoms with E-state index in [9.17, 15) is 38.1 Å². The van der Waals surface area contributed by atoms with Gasteiger partial charge in [-0.25, -0.2) is 0 Å². The molecule has 1 aromatic heterocycles. The van der Waals surface area contributed by atoms with Crippen molar-refractivity contribution in [2.75, 3.05) is 36.5 Å². The first-order valence-corrected chi connectivity index (χ1v) is 14.8. The lowest BCUT2D eigenvalue weighted by Gasteiger charge is -2.28. The minimum Gasteiger partial charge on any atom is -0.378 e. The molecule has 0 aliphatic carbocycles. The summed E-state index contributed by atoms with van der Waals surface area (Å²) in [5.74, 6) is -0.920. The van der Waals surface area contributed by atoms with E-state index in [4.69, 9.17) is 4.74 Å². The molecule has 0 spiro atoms. The van der Waals surface area contributed by atoms with E-state index in [1.165, 1.54) is 24.3 Å². The number of carbonyl (C=O) groups excluding carboxylic acids is 1. The molecule has 0 radical (unpaired) electrons. The summed E-state index contributed by atoms with van der Waals surface area (Å²) in [6.07, 6.45) is -3.58. The lowest BCUT2D eigenvalue weighted by atomic mass is 10.1. The molecule has 1 aliphatic heterocycles. The van der Waals surface area contributed by atoms with Crippen LogP contribution in [0.15, 0.2) is 65.5 Å². The van der Waals surface area contributed by atoms with Crippen molar-refractivity contribution < 1.29 is 27.6 Å². The number of hydrogen-bond acceptors (Lipinski definition) is 8. The van der Waals surface area contributed by atoms with Gasteiger partial charge in [-0.15, -0.1) is 11.3 Å². The van der Waals surface area contributed by atoms with E-state index in [-0.39, 0.29) is 20.4 Å². The minimum absolute atomic E-state index is 0.145. The van der Waals surface area contributed by atoms with Crippen molar-refractivity contribution in [3.05, 3.63) is 113 Å². The van der Waals surface area contributed by atoms with Crippen LogP contribution < -0.4 is 25.0 Å². The molecule has 0 bridgehead atoms. The third-order valence-electron chi connectivity index (χ3n) is 7.39. The maximum Gasteiger partial charge on any atom is 0.418 e. The zero-order valence-electron chi connectivity index (χ0n) is 24.6. The molecule has 236 valence electrons. The maximum absolute atomic E-state index is 14.1. The number of anilines is 2. The second-order valence-corrected chi connectivity index (χ2v) is 11.4. The molecule has 2 heterocycles. The van der Waals surface area contributed by atoms with E-state index >= 15 is 0 Å².